The second-order valence-corrected chi connectivity index (χ2v) is 8.60. The number of rotatable bonds is 6. The minimum Gasteiger partial charge on any atom is -0.462 e. The quantitative estimate of drug-likeness (QED) is 0.375. The van der Waals surface area contributed by atoms with Crippen LogP contribution in [0.3, 0.4) is 0 Å². The maximum atomic E-state index is 15.2. The van der Waals surface area contributed by atoms with E-state index >= 15 is 4.39 Å². The molecule has 12 heteroatoms. The van der Waals surface area contributed by atoms with Crippen LogP contribution >= 0.6 is 11.6 Å². The van der Waals surface area contributed by atoms with Crippen LogP contribution in [-0.2, 0) is 20.9 Å². The van der Waals surface area contributed by atoms with E-state index < -0.39 is 40.7 Å². The Kier molecular flexibility index (Phi) is 6.87. The van der Waals surface area contributed by atoms with E-state index in [1.165, 1.54) is 22.5 Å². The summed E-state index contributed by atoms with van der Waals surface area (Å²) in [6, 6.07) is 3.22. The van der Waals surface area contributed by atoms with Gasteiger partial charge >= 0.3 is 11.9 Å². The van der Waals surface area contributed by atoms with Crippen LogP contribution in [0.25, 0.3) is 16.6 Å². The number of benzene rings is 2. The number of hydrogen-bond donors (Lipinski definition) is 2. The molecule has 0 spiro atoms. The van der Waals surface area contributed by atoms with Crippen LogP contribution in [0.15, 0.2) is 29.2 Å². The highest BCUT2D eigenvalue weighted by Crippen LogP contribution is 2.39. The lowest BCUT2D eigenvalue weighted by Crippen LogP contribution is -2.51. The third kappa shape index (κ3) is 4.47. The largest absolute Gasteiger partial charge is 0.462 e. The molecule has 0 aliphatic carbocycles. The van der Waals surface area contributed by atoms with Crippen molar-refractivity contribution in [2.45, 2.75) is 26.6 Å². The molecule has 1 fully saturated rings. The molecule has 1 aliphatic heterocycles. The SMILES string of the molecule is CCOC(=O)c1cn(-c2cc(N)c(F)cc2COC(C)=O)c2c(Cl)c(N3CC(O)C3)c(F)cc2c1=O. The van der Waals surface area contributed by atoms with Gasteiger partial charge in [0.1, 0.15) is 23.8 Å². The molecule has 3 N–H and O–H groups in total. The number of halogens is 3. The Morgan fingerprint density at radius 2 is 1.89 bits per heavy atom. The molecule has 0 atom stereocenters. The third-order valence-electron chi connectivity index (χ3n) is 5.72. The zero-order chi connectivity index (χ0) is 26.3. The summed E-state index contributed by atoms with van der Waals surface area (Å²) in [5, 5.41) is 9.27. The first-order valence-corrected chi connectivity index (χ1v) is 11.3. The van der Waals surface area contributed by atoms with E-state index in [0.717, 1.165) is 18.3 Å². The second kappa shape index (κ2) is 9.75. The zero-order valence-electron chi connectivity index (χ0n) is 19.3. The number of esters is 2. The molecule has 0 unspecified atom stereocenters. The molecule has 2 aromatic carbocycles. The van der Waals surface area contributed by atoms with E-state index in [2.05, 4.69) is 0 Å². The molecular formula is C24H22ClF2N3O6. The van der Waals surface area contributed by atoms with Crippen LogP contribution in [0, 0.1) is 11.6 Å². The van der Waals surface area contributed by atoms with E-state index in [4.69, 9.17) is 26.8 Å². The van der Waals surface area contributed by atoms with Crippen molar-refractivity contribution in [3.8, 4) is 5.69 Å². The number of ether oxygens (including phenoxy) is 2. The number of carbonyl (C=O) groups excluding carboxylic acids is 2. The predicted octanol–water partition coefficient (Wildman–Crippen LogP) is 2.93. The van der Waals surface area contributed by atoms with Gasteiger partial charge in [0.2, 0.25) is 5.43 Å². The fourth-order valence-corrected chi connectivity index (χ4v) is 4.42. The van der Waals surface area contributed by atoms with Gasteiger partial charge in [-0.15, -0.1) is 0 Å². The smallest absolute Gasteiger partial charge is 0.343 e. The molecule has 1 saturated heterocycles. The highest BCUT2D eigenvalue weighted by Gasteiger charge is 2.31. The lowest BCUT2D eigenvalue weighted by molar-refractivity contribution is -0.142. The van der Waals surface area contributed by atoms with Crippen LogP contribution in [0.4, 0.5) is 20.2 Å². The first-order chi connectivity index (χ1) is 17.0. The molecule has 1 aliphatic rings. The number of anilines is 2. The van der Waals surface area contributed by atoms with Crippen LogP contribution in [0.1, 0.15) is 29.8 Å². The standard InChI is InChI=1S/C24H22ClF2N3O6/c1-3-35-24(34)15-9-30(19-6-18(28)16(26)4-12(19)10-36-11(2)31)21-14(23(15)33)5-17(27)22(20(21)25)29-7-13(32)8-29/h4-6,9,13,32H,3,7-8,10,28H2,1-2H3. The number of aliphatic hydroxyl groups excluding tert-OH is 1. The second-order valence-electron chi connectivity index (χ2n) is 8.22. The summed E-state index contributed by atoms with van der Waals surface area (Å²) in [6.45, 7) is 2.58. The van der Waals surface area contributed by atoms with Crippen molar-refractivity contribution < 1.29 is 33.0 Å². The first kappa shape index (κ1) is 25.4. The van der Waals surface area contributed by atoms with Gasteiger partial charge in [0.25, 0.3) is 0 Å². The van der Waals surface area contributed by atoms with Gasteiger partial charge in [0, 0.05) is 31.8 Å². The van der Waals surface area contributed by atoms with Gasteiger partial charge < -0.3 is 29.8 Å². The molecule has 0 radical (unpaired) electrons. The molecule has 0 saturated carbocycles. The Labute approximate surface area is 208 Å². The van der Waals surface area contributed by atoms with Crippen LogP contribution in [0.2, 0.25) is 5.02 Å². The highest BCUT2D eigenvalue weighted by atomic mass is 35.5. The maximum absolute atomic E-state index is 15.2. The number of nitrogens with two attached hydrogens (primary N) is 1. The molecule has 36 heavy (non-hydrogen) atoms. The summed E-state index contributed by atoms with van der Waals surface area (Å²) in [6.07, 6.45) is 0.474. The van der Waals surface area contributed by atoms with E-state index in [1.807, 2.05) is 0 Å². The Morgan fingerprint density at radius 1 is 1.19 bits per heavy atom. The van der Waals surface area contributed by atoms with E-state index in [0.29, 0.717) is 0 Å². The summed E-state index contributed by atoms with van der Waals surface area (Å²) >= 11 is 6.64. The zero-order valence-corrected chi connectivity index (χ0v) is 20.1. The minimum absolute atomic E-state index is 0.00240. The Morgan fingerprint density at radius 3 is 2.50 bits per heavy atom. The van der Waals surface area contributed by atoms with Gasteiger partial charge in [-0.2, -0.15) is 0 Å². The predicted molar refractivity (Wildman–Crippen MR) is 129 cm³/mol. The first-order valence-electron chi connectivity index (χ1n) is 10.9. The van der Waals surface area contributed by atoms with Gasteiger partial charge in [-0.25, -0.2) is 13.6 Å². The van der Waals surface area contributed by atoms with Crippen molar-refractivity contribution in [2.24, 2.45) is 0 Å². The van der Waals surface area contributed by atoms with Crippen molar-refractivity contribution in [3.63, 3.8) is 0 Å². The molecule has 9 nitrogen and oxygen atoms in total. The molecular weight excluding hydrogens is 500 g/mol. The number of aromatic nitrogens is 1. The monoisotopic (exact) mass is 521 g/mol. The molecule has 0 bridgehead atoms. The number of aliphatic hydroxyl groups is 1. The summed E-state index contributed by atoms with van der Waals surface area (Å²) in [4.78, 5) is 38.7. The van der Waals surface area contributed by atoms with Gasteiger partial charge in [-0.3, -0.25) is 9.59 Å². The molecule has 1 aromatic heterocycles. The molecule has 4 rings (SSSR count). The number of pyridine rings is 1. The number of carbonyl (C=O) groups is 2. The van der Waals surface area contributed by atoms with Crippen molar-refractivity contribution in [1.82, 2.24) is 4.57 Å². The minimum atomic E-state index is -0.957. The molecule has 190 valence electrons. The van der Waals surface area contributed by atoms with Gasteiger partial charge in [-0.1, -0.05) is 11.6 Å². The lowest BCUT2D eigenvalue weighted by atomic mass is 10.0. The van der Waals surface area contributed by atoms with Gasteiger partial charge in [0.05, 0.1) is 45.7 Å². The third-order valence-corrected chi connectivity index (χ3v) is 6.08. The Bertz CT molecular complexity index is 1450. The number of fused-ring (bicyclic) bond motifs is 1. The van der Waals surface area contributed by atoms with E-state index in [1.54, 1.807) is 6.92 Å². The summed E-state index contributed by atoms with van der Waals surface area (Å²) < 4.78 is 40.9. The summed E-state index contributed by atoms with van der Waals surface area (Å²) in [5.74, 6) is -3.21. The Balaban J connectivity index is 2.09. The van der Waals surface area contributed by atoms with Crippen LogP contribution in [0.5, 0.6) is 0 Å². The average Bonchev–Trinajstić information content (AvgIpc) is 2.79. The van der Waals surface area contributed by atoms with Crippen molar-refractivity contribution in [2.75, 3.05) is 30.3 Å². The summed E-state index contributed by atoms with van der Waals surface area (Å²) in [7, 11) is 0. The lowest BCUT2D eigenvalue weighted by Gasteiger charge is -2.38. The topological polar surface area (TPSA) is 124 Å². The average molecular weight is 522 g/mol. The number of nitrogens with zero attached hydrogens (tertiary/aromatic N) is 2. The number of hydrogen-bond acceptors (Lipinski definition) is 8. The molecule has 3 aromatic rings. The maximum Gasteiger partial charge on any atom is 0.343 e. The fraction of sp³-hybridized carbons (Fsp3) is 0.292. The van der Waals surface area contributed by atoms with Crippen molar-refractivity contribution in [1.29, 1.82) is 0 Å². The summed E-state index contributed by atoms with van der Waals surface area (Å²) in [5.41, 5.74) is 4.51. The van der Waals surface area contributed by atoms with E-state index in [-0.39, 0.29) is 64.9 Å². The molecule has 2 heterocycles. The van der Waals surface area contributed by atoms with Gasteiger partial charge in [0.15, 0.2) is 0 Å². The highest BCUT2D eigenvalue weighted by molar-refractivity contribution is 6.38. The van der Waals surface area contributed by atoms with Crippen molar-refractivity contribution in [3.05, 3.63) is 62.4 Å². The fourth-order valence-electron chi connectivity index (χ4n) is 4.02. The number of β-amino-alcohol motifs (C(OH)–C–C–N with tert-alkyl or cyclic N) is 1. The van der Waals surface area contributed by atoms with E-state index in [9.17, 15) is 23.9 Å². The van der Waals surface area contributed by atoms with Crippen LogP contribution < -0.4 is 16.1 Å². The Hall–Kier alpha value is -3.70. The normalized spacial score (nSPS) is 13.6. The molecule has 0 amide bonds. The van der Waals surface area contributed by atoms with Gasteiger partial charge in [-0.05, 0) is 25.1 Å². The van der Waals surface area contributed by atoms with Crippen LogP contribution in [-0.4, -0.2) is 47.4 Å². The number of nitrogen functional groups attached to an aromatic ring is 1. The van der Waals surface area contributed by atoms with Crippen molar-refractivity contribution >= 4 is 45.8 Å².